The summed E-state index contributed by atoms with van der Waals surface area (Å²) in [6.07, 6.45) is -10.1. The fourth-order valence-corrected chi connectivity index (χ4v) is 4.15. The van der Waals surface area contributed by atoms with E-state index in [1.54, 1.807) is 18.2 Å². The third-order valence-corrected chi connectivity index (χ3v) is 5.68. The molecule has 0 aliphatic heterocycles. The summed E-state index contributed by atoms with van der Waals surface area (Å²) in [6.45, 7) is 0.744. The van der Waals surface area contributed by atoms with Crippen molar-refractivity contribution < 1.29 is 34.8 Å². The highest BCUT2D eigenvalue weighted by atomic mass is 32.2. The van der Waals surface area contributed by atoms with Gasteiger partial charge in [-0.2, -0.15) is 26.3 Å². The van der Waals surface area contributed by atoms with Crippen LogP contribution in [0.15, 0.2) is 65.6 Å². The molecule has 2 N–H and O–H groups in total. The molecule has 3 nitrogen and oxygen atoms in total. The summed E-state index contributed by atoms with van der Waals surface area (Å²) in [6, 6.07) is 12.5. The molecule has 0 aliphatic rings. The van der Waals surface area contributed by atoms with E-state index in [0.717, 1.165) is 13.0 Å². The minimum absolute atomic E-state index is 0.0873. The summed E-state index contributed by atoms with van der Waals surface area (Å²) in [5.74, 6) is 0. The summed E-state index contributed by atoms with van der Waals surface area (Å²) in [5.41, 5.74) is -4.27. The molecule has 0 saturated carbocycles. The predicted octanol–water partition coefficient (Wildman–Crippen LogP) is 6.01. The SMILES string of the molecule is Cc1c(C(F)(F)F)cc(-c2cccc(S(N)(=O)=O)c2-c2ccccc2)cc1C(F)(F)F. The Labute approximate surface area is 174 Å². The zero-order chi connectivity index (χ0) is 23.2. The lowest BCUT2D eigenvalue weighted by molar-refractivity contribution is -0.143. The highest BCUT2D eigenvalue weighted by Crippen LogP contribution is 2.44. The maximum atomic E-state index is 13.5. The van der Waals surface area contributed by atoms with E-state index in [4.69, 9.17) is 5.14 Å². The molecule has 164 valence electrons. The van der Waals surface area contributed by atoms with Crippen molar-refractivity contribution in [2.75, 3.05) is 0 Å². The molecule has 0 bridgehead atoms. The van der Waals surface area contributed by atoms with Gasteiger partial charge in [0.15, 0.2) is 0 Å². The van der Waals surface area contributed by atoms with Gasteiger partial charge in [0, 0.05) is 5.56 Å². The molecule has 0 amide bonds. The van der Waals surface area contributed by atoms with E-state index < -0.39 is 49.5 Å². The van der Waals surface area contributed by atoms with Crippen LogP contribution in [0.2, 0.25) is 0 Å². The smallest absolute Gasteiger partial charge is 0.225 e. The first-order valence-electron chi connectivity index (χ1n) is 8.72. The van der Waals surface area contributed by atoms with E-state index in [9.17, 15) is 34.8 Å². The van der Waals surface area contributed by atoms with E-state index in [2.05, 4.69) is 0 Å². The Morgan fingerprint density at radius 3 is 1.71 bits per heavy atom. The fourth-order valence-electron chi connectivity index (χ4n) is 3.37. The van der Waals surface area contributed by atoms with Gasteiger partial charge in [-0.25, -0.2) is 13.6 Å². The van der Waals surface area contributed by atoms with Crippen LogP contribution in [0, 0.1) is 6.92 Å². The molecule has 0 saturated heterocycles. The van der Waals surface area contributed by atoms with Crippen molar-refractivity contribution >= 4 is 10.0 Å². The Kier molecular flexibility index (Phi) is 5.66. The molecule has 0 aromatic heterocycles. The molecule has 0 radical (unpaired) electrons. The molecule has 0 aliphatic carbocycles. The maximum Gasteiger partial charge on any atom is 0.416 e. The Morgan fingerprint density at radius 1 is 0.742 bits per heavy atom. The second-order valence-electron chi connectivity index (χ2n) is 6.78. The van der Waals surface area contributed by atoms with Crippen LogP contribution in [0.3, 0.4) is 0 Å². The third kappa shape index (κ3) is 4.59. The summed E-state index contributed by atoms with van der Waals surface area (Å²) >= 11 is 0. The highest BCUT2D eigenvalue weighted by Gasteiger charge is 2.40. The van der Waals surface area contributed by atoms with Crippen LogP contribution in [0.25, 0.3) is 22.3 Å². The summed E-state index contributed by atoms with van der Waals surface area (Å²) in [7, 11) is -4.34. The van der Waals surface area contributed by atoms with Gasteiger partial charge in [0.05, 0.1) is 16.0 Å². The van der Waals surface area contributed by atoms with Gasteiger partial charge in [0.25, 0.3) is 0 Å². The Bertz CT molecular complexity index is 1200. The van der Waals surface area contributed by atoms with Gasteiger partial charge >= 0.3 is 12.4 Å². The number of alkyl halides is 6. The van der Waals surface area contributed by atoms with Crippen LogP contribution < -0.4 is 5.14 Å². The number of hydrogen-bond donors (Lipinski definition) is 1. The number of benzene rings is 3. The van der Waals surface area contributed by atoms with Gasteiger partial charge in [0.2, 0.25) is 10.0 Å². The zero-order valence-electron chi connectivity index (χ0n) is 15.8. The molecule has 31 heavy (non-hydrogen) atoms. The van der Waals surface area contributed by atoms with E-state index in [1.807, 2.05) is 0 Å². The average molecular weight is 459 g/mol. The van der Waals surface area contributed by atoms with Crippen molar-refractivity contribution in [3.8, 4) is 22.3 Å². The van der Waals surface area contributed by atoms with Gasteiger partial charge in [-0.05, 0) is 47.4 Å². The first kappa shape index (κ1) is 22.8. The molecule has 3 rings (SSSR count). The normalized spacial score (nSPS) is 12.8. The summed E-state index contributed by atoms with van der Waals surface area (Å²) in [4.78, 5) is -0.418. The van der Waals surface area contributed by atoms with Crippen molar-refractivity contribution in [1.82, 2.24) is 0 Å². The number of primary sulfonamides is 1. The molecule has 0 atom stereocenters. The molecule has 0 unspecified atom stereocenters. The Morgan fingerprint density at radius 2 is 1.26 bits per heavy atom. The lowest BCUT2D eigenvalue weighted by Crippen LogP contribution is -2.16. The van der Waals surface area contributed by atoms with Crippen molar-refractivity contribution in [3.63, 3.8) is 0 Å². The first-order chi connectivity index (χ1) is 14.2. The average Bonchev–Trinajstić information content (AvgIpc) is 2.66. The second-order valence-corrected chi connectivity index (χ2v) is 8.31. The lowest BCUT2D eigenvalue weighted by atomic mass is 9.90. The van der Waals surface area contributed by atoms with E-state index in [1.165, 1.54) is 24.3 Å². The standard InChI is InChI=1S/C21H15F6NO2S/c1-12-16(20(22,23)24)10-14(11-17(12)21(25,26)27)15-8-5-9-18(31(28,29)30)19(15)13-6-3-2-4-7-13/h2-11H,1H3,(H2,28,29,30). The molecular formula is C21H15F6NO2S. The van der Waals surface area contributed by atoms with Crippen LogP contribution in [-0.4, -0.2) is 8.42 Å². The fraction of sp³-hybridized carbons (Fsp3) is 0.143. The number of nitrogens with two attached hydrogens (primary N) is 1. The molecule has 0 spiro atoms. The van der Waals surface area contributed by atoms with Gasteiger partial charge in [-0.15, -0.1) is 0 Å². The first-order valence-corrected chi connectivity index (χ1v) is 10.3. The monoisotopic (exact) mass is 459 g/mol. The van der Waals surface area contributed by atoms with Crippen molar-refractivity contribution in [3.05, 3.63) is 77.4 Å². The number of hydrogen-bond acceptors (Lipinski definition) is 2. The molecule has 10 heteroatoms. The van der Waals surface area contributed by atoms with Crippen molar-refractivity contribution in [2.24, 2.45) is 5.14 Å². The van der Waals surface area contributed by atoms with Crippen LogP contribution in [0.5, 0.6) is 0 Å². The minimum Gasteiger partial charge on any atom is -0.225 e. The summed E-state index contributed by atoms with van der Waals surface area (Å²) < 4.78 is 105. The maximum absolute atomic E-state index is 13.5. The number of rotatable bonds is 3. The quantitative estimate of drug-likeness (QED) is 0.488. The van der Waals surface area contributed by atoms with E-state index in [0.29, 0.717) is 12.1 Å². The van der Waals surface area contributed by atoms with E-state index in [-0.39, 0.29) is 16.7 Å². The molecule has 3 aromatic rings. The minimum atomic E-state index is -5.05. The molecule has 3 aromatic carbocycles. The van der Waals surface area contributed by atoms with Crippen LogP contribution >= 0.6 is 0 Å². The van der Waals surface area contributed by atoms with Gasteiger partial charge in [-0.1, -0.05) is 42.5 Å². The van der Waals surface area contributed by atoms with Crippen molar-refractivity contribution in [1.29, 1.82) is 0 Å². The molecule has 0 fully saturated rings. The second kappa shape index (κ2) is 7.69. The largest absolute Gasteiger partial charge is 0.416 e. The lowest BCUT2D eigenvalue weighted by Gasteiger charge is -2.20. The van der Waals surface area contributed by atoms with Crippen LogP contribution in [-0.2, 0) is 22.4 Å². The van der Waals surface area contributed by atoms with Gasteiger partial charge in [0.1, 0.15) is 0 Å². The van der Waals surface area contributed by atoms with Crippen molar-refractivity contribution in [2.45, 2.75) is 24.2 Å². The molecule has 0 heterocycles. The zero-order valence-corrected chi connectivity index (χ0v) is 16.7. The topological polar surface area (TPSA) is 60.2 Å². The third-order valence-electron chi connectivity index (χ3n) is 4.72. The van der Waals surface area contributed by atoms with Crippen LogP contribution in [0.4, 0.5) is 26.3 Å². The van der Waals surface area contributed by atoms with Gasteiger partial charge in [-0.3, -0.25) is 0 Å². The predicted molar refractivity (Wildman–Crippen MR) is 103 cm³/mol. The highest BCUT2D eigenvalue weighted by molar-refractivity contribution is 7.89. The van der Waals surface area contributed by atoms with E-state index >= 15 is 0 Å². The Balaban J connectivity index is 2.47. The number of sulfonamides is 1. The number of halogens is 6. The Hall–Kier alpha value is -2.85. The summed E-state index contributed by atoms with van der Waals surface area (Å²) in [5, 5.41) is 5.28. The molecular weight excluding hydrogens is 444 g/mol. The van der Waals surface area contributed by atoms with Gasteiger partial charge < -0.3 is 0 Å². The van der Waals surface area contributed by atoms with Crippen LogP contribution in [0.1, 0.15) is 16.7 Å².